The number of carbonyl (C=O) groups excluding carboxylic acids is 3. The Morgan fingerprint density at radius 1 is 1.19 bits per heavy atom. The first-order valence-corrected chi connectivity index (χ1v) is 7.91. The van der Waals surface area contributed by atoms with Crippen LogP contribution >= 0.6 is 0 Å². The molecule has 6 nitrogen and oxygen atoms in total. The predicted molar refractivity (Wildman–Crippen MR) is 78.5 cm³/mol. The number of piperidine rings is 1. The Hall–Kier alpha value is -1.43. The molecule has 2 rings (SSSR count). The zero-order valence-corrected chi connectivity index (χ0v) is 13.1. The molecule has 0 saturated carbocycles. The minimum Gasteiger partial charge on any atom is -0.302 e. The third-order valence-electron chi connectivity index (χ3n) is 5.00. The lowest BCUT2D eigenvalue weighted by Crippen LogP contribution is -2.67. The zero-order chi connectivity index (χ0) is 15.6. The first-order valence-electron chi connectivity index (χ1n) is 7.91. The molecule has 2 saturated heterocycles. The average Bonchev–Trinajstić information content (AvgIpc) is 2.48. The van der Waals surface area contributed by atoms with Crippen LogP contribution in [0.1, 0.15) is 46.5 Å². The van der Waals surface area contributed by atoms with Crippen LogP contribution in [-0.4, -0.2) is 53.3 Å². The lowest BCUT2D eigenvalue weighted by atomic mass is 9.78. The SMILES string of the molecule is CCN1CCCC(N2C(=O)NC(=O)C(CC)(CC)C2=O)C1. The summed E-state index contributed by atoms with van der Waals surface area (Å²) < 4.78 is 0. The molecule has 2 heterocycles. The third kappa shape index (κ3) is 2.57. The van der Waals surface area contributed by atoms with Gasteiger partial charge in [0.2, 0.25) is 11.8 Å². The van der Waals surface area contributed by atoms with Gasteiger partial charge in [-0.25, -0.2) is 4.79 Å². The van der Waals surface area contributed by atoms with Gasteiger partial charge in [-0.15, -0.1) is 0 Å². The van der Waals surface area contributed by atoms with E-state index in [9.17, 15) is 14.4 Å². The molecule has 2 fully saturated rings. The van der Waals surface area contributed by atoms with E-state index in [4.69, 9.17) is 0 Å². The molecule has 21 heavy (non-hydrogen) atoms. The van der Waals surface area contributed by atoms with Crippen molar-refractivity contribution in [2.24, 2.45) is 5.41 Å². The highest BCUT2D eigenvalue weighted by Crippen LogP contribution is 2.34. The van der Waals surface area contributed by atoms with Crippen molar-refractivity contribution in [1.82, 2.24) is 15.1 Å². The Balaban J connectivity index is 2.27. The van der Waals surface area contributed by atoms with Crippen LogP contribution in [0.5, 0.6) is 0 Å². The molecule has 0 aliphatic carbocycles. The van der Waals surface area contributed by atoms with E-state index in [2.05, 4.69) is 17.1 Å². The van der Waals surface area contributed by atoms with Crippen LogP contribution in [0.3, 0.4) is 0 Å². The van der Waals surface area contributed by atoms with Crippen LogP contribution in [0.15, 0.2) is 0 Å². The maximum absolute atomic E-state index is 12.9. The molecule has 2 aliphatic rings. The average molecular weight is 295 g/mol. The fourth-order valence-corrected chi connectivity index (χ4v) is 3.43. The van der Waals surface area contributed by atoms with E-state index >= 15 is 0 Å². The molecule has 0 aromatic carbocycles. The van der Waals surface area contributed by atoms with Gasteiger partial charge in [0.15, 0.2) is 0 Å². The fourth-order valence-electron chi connectivity index (χ4n) is 3.43. The summed E-state index contributed by atoms with van der Waals surface area (Å²) >= 11 is 0. The van der Waals surface area contributed by atoms with Crippen molar-refractivity contribution in [3.63, 3.8) is 0 Å². The van der Waals surface area contributed by atoms with Crippen LogP contribution in [0.4, 0.5) is 4.79 Å². The maximum Gasteiger partial charge on any atom is 0.331 e. The monoisotopic (exact) mass is 295 g/mol. The number of urea groups is 1. The van der Waals surface area contributed by atoms with E-state index in [1.54, 1.807) is 0 Å². The smallest absolute Gasteiger partial charge is 0.302 e. The van der Waals surface area contributed by atoms with Gasteiger partial charge in [-0.05, 0) is 38.8 Å². The largest absolute Gasteiger partial charge is 0.331 e. The summed E-state index contributed by atoms with van der Waals surface area (Å²) in [5.74, 6) is -0.758. The number of hydrogen-bond donors (Lipinski definition) is 1. The van der Waals surface area contributed by atoms with Gasteiger partial charge in [0.05, 0.1) is 6.04 Å². The van der Waals surface area contributed by atoms with Crippen molar-refractivity contribution in [1.29, 1.82) is 0 Å². The zero-order valence-electron chi connectivity index (χ0n) is 13.1. The van der Waals surface area contributed by atoms with Crippen LogP contribution in [0, 0.1) is 5.41 Å². The van der Waals surface area contributed by atoms with E-state index in [1.165, 1.54) is 4.90 Å². The molecule has 0 bridgehead atoms. The Morgan fingerprint density at radius 3 is 2.43 bits per heavy atom. The van der Waals surface area contributed by atoms with Crippen molar-refractivity contribution < 1.29 is 14.4 Å². The number of nitrogens with zero attached hydrogens (tertiary/aromatic N) is 2. The summed E-state index contributed by atoms with van der Waals surface area (Å²) in [6.45, 7) is 8.34. The van der Waals surface area contributed by atoms with Gasteiger partial charge in [0, 0.05) is 6.54 Å². The summed E-state index contributed by atoms with van der Waals surface area (Å²) in [6.07, 6.45) is 2.62. The van der Waals surface area contributed by atoms with Gasteiger partial charge in [-0.3, -0.25) is 19.8 Å². The van der Waals surface area contributed by atoms with Gasteiger partial charge >= 0.3 is 6.03 Å². The number of hydrogen-bond acceptors (Lipinski definition) is 4. The van der Waals surface area contributed by atoms with Crippen LogP contribution in [0.25, 0.3) is 0 Å². The normalized spacial score (nSPS) is 26.9. The highest BCUT2D eigenvalue weighted by molar-refractivity contribution is 6.19. The first kappa shape index (κ1) is 15.9. The summed E-state index contributed by atoms with van der Waals surface area (Å²) in [7, 11) is 0. The molecule has 118 valence electrons. The molecule has 4 amide bonds. The number of imide groups is 2. The van der Waals surface area contributed by atoms with Gasteiger partial charge in [-0.2, -0.15) is 0 Å². The first-order chi connectivity index (χ1) is 10.00. The standard InChI is InChI=1S/C15H25N3O3/c1-4-15(5-2)12(19)16-14(21)18(13(15)20)11-8-7-9-17(6-3)10-11/h11H,4-10H2,1-3H3,(H,16,19,21). The molecular weight excluding hydrogens is 270 g/mol. The Kier molecular flexibility index (Phi) is 4.66. The van der Waals surface area contributed by atoms with Gasteiger partial charge in [-0.1, -0.05) is 20.8 Å². The minimum atomic E-state index is -1.08. The Labute approximate surface area is 125 Å². The van der Waals surface area contributed by atoms with Crippen molar-refractivity contribution in [3.8, 4) is 0 Å². The third-order valence-corrected chi connectivity index (χ3v) is 5.00. The highest BCUT2D eigenvalue weighted by atomic mass is 16.2. The summed E-state index contributed by atoms with van der Waals surface area (Å²) in [5, 5.41) is 2.39. The van der Waals surface area contributed by atoms with Crippen molar-refractivity contribution in [2.75, 3.05) is 19.6 Å². The molecular formula is C15H25N3O3. The molecule has 0 aromatic heterocycles. The van der Waals surface area contributed by atoms with E-state index in [0.29, 0.717) is 19.4 Å². The quantitative estimate of drug-likeness (QED) is 0.795. The summed E-state index contributed by atoms with van der Waals surface area (Å²) in [4.78, 5) is 40.7. The molecule has 1 N–H and O–H groups in total. The number of likely N-dealkylation sites (N-methyl/N-ethyl adjacent to an activating group) is 1. The molecule has 0 spiro atoms. The predicted octanol–water partition coefficient (Wildman–Crippen LogP) is 1.36. The minimum absolute atomic E-state index is 0.128. The van der Waals surface area contributed by atoms with E-state index < -0.39 is 17.4 Å². The molecule has 2 aliphatic heterocycles. The van der Waals surface area contributed by atoms with Crippen LogP contribution in [-0.2, 0) is 9.59 Å². The van der Waals surface area contributed by atoms with Crippen molar-refractivity contribution in [2.45, 2.75) is 52.5 Å². The maximum atomic E-state index is 12.9. The highest BCUT2D eigenvalue weighted by Gasteiger charge is 2.53. The number of nitrogens with one attached hydrogen (secondary N) is 1. The van der Waals surface area contributed by atoms with Crippen molar-refractivity contribution >= 4 is 17.8 Å². The summed E-state index contributed by atoms with van der Waals surface area (Å²) in [5.41, 5.74) is -1.08. The lowest BCUT2D eigenvalue weighted by molar-refractivity contribution is -0.154. The number of barbiturate groups is 1. The van der Waals surface area contributed by atoms with Crippen LogP contribution < -0.4 is 5.32 Å². The number of amides is 4. The Morgan fingerprint density at radius 2 is 1.86 bits per heavy atom. The number of rotatable bonds is 4. The van der Waals surface area contributed by atoms with Crippen molar-refractivity contribution in [3.05, 3.63) is 0 Å². The molecule has 6 heteroatoms. The summed E-state index contributed by atoms with van der Waals surface area (Å²) in [6, 6.07) is -0.678. The molecule has 1 atom stereocenters. The molecule has 0 radical (unpaired) electrons. The second kappa shape index (κ2) is 6.13. The second-order valence-electron chi connectivity index (χ2n) is 5.91. The van der Waals surface area contributed by atoms with E-state index in [1.807, 2.05) is 13.8 Å². The van der Waals surface area contributed by atoms with Gasteiger partial charge in [0.1, 0.15) is 5.41 Å². The van der Waals surface area contributed by atoms with Crippen LogP contribution in [0.2, 0.25) is 0 Å². The topological polar surface area (TPSA) is 69.7 Å². The fraction of sp³-hybridized carbons (Fsp3) is 0.800. The molecule has 1 unspecified atom stereocenters. The lowest BCUT2D eigenvalue weighted by Gasteiger charge is -2.44. The molecule has 0 aromatic rings. The van der Waals surface area contributed by atoms with Gasteiger partial charge < -0.3 is 4.90 Å². The second-order valence-corrected chi connectivity index (χ2v) is 5.91. The van der Waals surface area contributed by atoms with E-state index in [0.717, 1.165) is 25.9 Å². The Bertz CT molecular complexity index is 445. The number of carbonyl (C=O) groups is 3. The number of likely N-dealkylation sites (tertiary alicyclic amines) is 1. The van der Waals surface area contributed by atoms with Gasteiger partial charge in [0.25, 0.3) is 0 Å². The van der Waals surface area contributed by atoms with E-state index in [-0.39, 0.29) is 11.9 Å².